The van der Waals surface area contributed by atoms with Crippen molar-refractivity contribution >= 4 is 11.8 Å². The Morgan fingerprint density at radius 2 is 0.710 bits per heavy atom. The monoisotopic (exact) mass is 442 g/mol. The van der Waals surface area contributed by atoms with E-state index in [-0.39, 0.29) is 0 Å². The Hall–Kier alpha value is -1.21. The molecule has 0 aliphatic carbocycles. The molecule has 0 aliphatic rings. The van der Waals surface area contributed by atoms with E-state index in [0.717, 1.165) is 11.5 Å². The second-order valence-electron chi connectivity index (χ2n) is 9.46. The lowest BCUT2D eigenvalue weighted by molar-refractivity contribution is 0.917. The molecule has 0 aromatic carbocycles. The zero-order chi connectivity index (χ0) is 23.5. The van der Waals surface area contributed by atoms with Gasteiger partial charge in [0.05, 0.1) is 0 Å². The normalized spacial score (nSPS) is 13.4. The fourth-order valence-corrected chi connectivity index (χ4v) is 4.09. The fourth-order valence-electron chi connectivity index (χ4n) is 3.15. The molecular formula is C30H50S. The summed E-state index contributed by atoms with van der Waals surface area (Å²) in [7, 11) is 0. The molecule has 176 valence electrons. The Kier molecular flexibility index (Phi) is 18.7. The molecule has 0 atom stereocenters. The minimum Gasteiger partial charge on any atom is -0.154 e. The van der Waals surface area contributed by atoms with Crippen LogP contribution >= 0.6 is 11.8 Å². The summed E-state index contributed by atoms with van der Waals surface area (Å²) >= 11 is 2.02. The first-order chi connectivity index (χ1) is 14.7. The Bertz CT molecular complexity index is 599. The molecule has 0 fully saturated rings. The third kappa shape index (κ3) is 21.8. The van der Waals surface area contributed by atoms with Gasteiger partial charge in [0, 0.05) is 11.5 Å². The van der Waals surface area contributed by atoms with Gasteiger partial charge in [-0.15, -0.1) is 0 Å². The summed E-state index contributed by atoms with van der Waals surface area (Å²) in [6, 6.07) is 0. The lowest BCUT2D eigenvalue weighted by atomic mass is 10.1. The van der Waals surface area contributed by atoms with Crippen molar-refractivity contribution in [1.29, 1.82) is 0 Å². The second kappa shape index (κ2) is 19.5. The van der Waals surface area contributed by atoms with Crippen molar-refractivity contribution in [2.24, 2.45) is 0 Å². The number of thioether (sulfide) groups is 1. The molecule has 1 heteroatoms. The molecule has 0 N–H and O–H groups in total. The Labute approximate surface area is 199 Å². The van der Waals surface area contributed by atoms with Crippen molar-refractivity contribution in [3.05, 3.63) is 69.9 Å². The molecule has 0 unspecified atom stereocenters. The van der Waals surface area contributed by atoms with E-state index < -0.39 is 0 Å². The summed E-state index contributed by atoms with van der Waals surface area (Å²) in [5, 5.41) is 0. The third-order valence-electron chi connectivity index (χ3n) is 5.34. The molecule has 0 amide bonds. The van der Waals surface area contributed by atoms with Crippen LogP contribution in [-0.4, -0.2) is 11.5 Å². The first-order valence-electron chi connectivity index (χ1n) is 12.2. The van der Waals surface area contributed by atoms with Crippen LogP contribution in [0.3, 0.4) is 0 Å². The van der Waals surface area contributed by atoms with E-state index in [4.69, 9.17) is 0 Å². The van der Waals surface area contributed by atoms with Crippen molar-refractivity contribution in [2.75, 3.05) is 11.5 Å². The average Bonchev–Trinajstić information content (AvgIpc) is 2.67. The molecule has 0 rings (SSSR count). The molecule has 0 bridgehead atoms. The average molecular weight is 443 g/mol. The van der Waals surface area contributed by atoms with Crippen LogP contribution in [0.25, 0.3) is 0 Å². The number of rotatable bonds is 16. The molecular weight excluding hydrogens is 392 g/mol. The van der Waals surface area contributed by atoms with E-state index in [0.29, 0.717) is 0 Å². The van der Waals surface area contributed by atoms with Gasteiger partial charge in [-0.05, 0) is 107 Å². The van der Waals surface area contributed by atoms with Crippen LogP contribution in [0.5, 0.6) is 0 Å². The van der Waals surface area contributed by atoms with Gasteiger partial charge in [-0.1, -0.05) is 69.9 Å². The topological polar surface area (TPSA) is 0 Å². The lowest BCUT2D eigenvalue weighted by Gasteiger charge is -2.03. The van der Waals surface area contributed by atoms with E-state index in [1.54, 1.807) is 0 Å². The number of allylic oxidation sites excluding steroid dienone is 10. The van der Waals surface area contributed by atoms with Crippen LogP contribution < -0.4 is 0 Å². The molecule has 0 aromatic heterocycles. The van der Waals surface area contributed by atoms with Crippen molar-refractivity contribution in [1.82, 2.24) is 0 Å². The molecule has 0 nitrogen and oxygen atoms in total. The highest BCUT2D eigenvalue weighted by Gasteiger charge is 1.94. The third-order valence-corrected chi connectivity index (χ3v) is 6.15. The summed E-state index contributed by atoms with van der Waals surface area (Å²) in [5.41, 5.74) is 8.94. The summed E-state index contributed by atoms with van der Waals surface area (Å²) in [4.78, 5) is 0. The molecule has 0 spiro atoms. The zero-order valence-corrected chi connectivity index (χ0v) is 22.8. The molecule has 0 saturated heterocycles. The van der Waals surface area contributed by atoms with Crippen molar-refractivity contribution in [3.8, 4) is 0 Å². The van der Waals surface area contributed by atoms with Gasteiger partial charge in [0.25, 0.3) is 0 Å². The Morgan fingerprint density at radius 1 is 0.419 bits per heavy atom. The van der Waals surface area contributed by atoms with Crippen LogP contribution in [0.4, 0.5) is 0 Å². The first kappa shape index (κ1) is 29.8. The predicted octanol–water partition coefficient (Wildman–Crippen LogP) is 10.6. The highest BCUT2D eigenvalue weighted by Crippen LogP contribution is 2.14. The van der Waals surface area contributed by atoms with Gasteiger partial charge in [-0.25, -0.2) is 0 Å². The standard InChI is InChI=1S/C30H50S/c1-25(2)13-9-15-27(5)17-11-19-29(7)21-23-31-24-22-30(8)20-12-18-28(6)16-10-14-26(3)4/h13-14,17-18,21-22H,9-12,15-16,19-20,23-24H2,1-8H3. The van der Waals surface area contributed by atoms with Gasteiger partial charge < -0.3 is 0 Å². The van der Waals surface area contributed by atoms with Crippen molar-refractivity contribution in [2.45, 2.75) is 107 Å². The van der Waals surface area contributed by atoms with E-state index in [9.17, 15) is 0 Å². The van der Waals surface area contributed by atoms with Crippen LogP contribution in [0, 0.1) is 0 Å². The fraction of sp³-hybridized carbons (Fsp3) is 0.600. The van der Waals surface area contributed by atoms with Gasteiger partial charge in [0.2, 0.25) is 0 Å². The van der Waals surface area contributed by atoms with E-state index in [1.807, 2.05) is 11.8 Å². The largest absolute Gasteiger partial charge is 0.154 e. The highest BCUT2D eigenvalue weighted by atomic mass is 32.2. The first-order valence-corrected chi connectivity index (χ1v) is 13.3. The van der Waals surface area contributed by atoms with Crippen molar-refractivity contribution < 1.29 is 0 Å². The van der Waals surface area contributed by atoms with Gasteiger partial charge >= 0.3 is 0 Å². The SMILES string of the molecule is CC(C)=CCCC(C)=CCCC(C)=CCSCC=C(C)CCC=C(C)CCC=C(C)C. The predicted molar refractivity (Wildman–Crippen MR) is 148 cm³/mol. The summed E-state index contributed by atoms with van der Waals surface area (Å²) in [5.74, 6) is 2.25. The zero-order valence-electron chi connectivity index (χ0n) is 21.9. The summed E-state index contributed by atoms with van der Waals surface area (Å²) in [6.45, 7) is 17.8. The molecule has 0 saturated carbocycles. The molecule has 0 radical (unpaired) electrons. The summed E-state index contributed by atoms with van der Waals surface area (Å²) in [6.07, 6.45) is 23.8. The molecule has 31 heavy (non-hydrogen) atoms. The molecule has 0 heterocycles. The lowest BCUT2D eigenvalue weighted by Crippen LogP contribution is -1.84. The van der Waals surface area contributed by atoms with Gasteiger partial charge in [-0.2, -0.15) is 11.8 Å². The van der Waals surface area contributed by atoms with Gasteiger partial charge in [-0.3, -0.25) is 0 Å². The number of hydrogen-bond acceptors (Lipinski definition) is 1. The number of hydrogen-bond donors (Lipinski definition) is 0. The molecule has 0 aromatic rings. The van der Waals surface area contributed by atoms with E-state index in [1.165, 1.54) is 84.8 Å². The van der Waals surface area contributed by atoms with Gasteiger partial charge in [0.15, 0.2) is 0 Å². The summed E-state index contributed by atoms with van der Waals surface area (Å²) < 4.78 is 0. The second-order valence-corrected chi connectivity index (χ2v) is 10.5. The Balaban J connectivity index is 3.98. The maximum absolute atomic E-state index is 2.42. The van der Waals surface area contributed by atoms with E-state index >= 15 is 0 Å². The smallest absolute Gasteiger partial charge is 0.0118 e. The molecule has 0 aliphatic heterocycles. The maximum Gasteiger partial charge on any atom is 0.0118 e. The van der Waals surface area contributed by atoms with Crippen LogP contribution in [0.2, 0.25) is 0 Å². The van der Waals surface area contributed by atoms with Gasteiger partial charge in [0.1, 0.15) is 0 Å². The minimum absolute atomic E-state index is 1.13. The quantitative estimate of drug-likeness (QED) is 0.169. The maximum atomic E-state index is 2.42. The van der Waals surface area contributed by atoms with Crippen LogP contribution in [0.1, 0.15) is 107 Å². The highest BCUT2D eigenvalue weighted by molar-refractivity contribution is 7.99. The van der Waals surface area contributed by atoms with Crippen LogP contribution in [0.15, 0.2) is 69.9 Å². The van der Waals surface area contributed by atoms with E-state index in [2.05, 4.69) is 91.8 Å². The minimum atomic E-state index is 1.13. The van der Waals surface area contributed by atoms with Crippen molar-refractivity contribution in [3.63, 3.8) is 0 Å². The Morgan fingerprint density at radius 3 is 1.03 bits per heavy atom. The van der Waals surface area contributed by atoms with Crippen LogP contribution in [-0.2, 0) is 0 Å².